The first-order chi connectivity index (χ1) is 11.1. The van der Waals surface area contributed by atoms with Gasteiger partial charge in [0.1, 0.15) is 0 Å². The van der Waals surface area contributed by atoms with Crippen LogP contribution in [0.25, 0.3) is 0 Å². The minimum Gasteiger partial charge on any atom is -0.466 e. The average molecular weight is 324 g/mol. The van der Waals surface area contributed by atoms with Gasteiger partial charge in [0, 0.05) is 24.4 Å². The summed E-state index contributed by atoms with van der Waals surface area (Å²) < 4.78 is 4.98. The van der Waals surface area contributed by atoms with E-state index in [1.807, 2.05) is 6.92 Å². The number of hydrogen-bond donors (Lipinski definition) is 2. The van der Waals surface area contributed by atoms with Crippen molar-refractivity contribution in [1.82, 2.24) is 5.32 Å². The van der Waals surface area contributed by atoms with E-state index >= 15 is 0 Å². The zero-order chi connectivity index (χ0) is 16.7. The number of hydrogen-bond acceptors (Lipinski definition) is 4. The van der Waals surface area contributed by atoms with Crippen molar-refractivity contribution in [2.45, 2.75) is 83.2 Å². The lowest BCUT2D eigenvalue weighted by Crippen LogP contribution is -2.43. The Labute approximate surface area is 139 Å². The van der Waals surface area contributed by atoms with Crippen LogP contribution < -0.4 is 11.1 Å². The fourth-order valence-corrected chi connectivity index (χ4v) is 3.94. The largest absolute Gasteiger partial charge is 0.466 e. The molecule has 5 heteroatoms. The van der Waals surface area contributed by atoms with Crippen molar-refractivity contribution < 1.29 is 14.3 Å². The summed E-state index contributed by atoms with van der Waals surface area (Å²) in [7, 11) is 0. The molecule has 23 heavy (non-hydrogen) atoms. The van der Waals surface area contributed by atoms with Crippen molar-refractivity contribution in [2.75, 3.05) is 6.61 Å². The summed E-state index contributed by atoms with van der Waals surface area (Å²) >= 11 is 0. The van der Waals surface area contributed by atoms with Gasteiger partial charge in [-0.3, -0.25) is 9.59 Å². The van der Waals surface area contributed by atoms with Gasteiger partial charge in [0.2, 0.25) is 5.91 Å². The molecule has 0 aliphatic heterocycles. The molecule has 2 rings (SSSR count). The zero-order valence-corrected chi connectivity index (χ0v) is 14.4. The van der Waals surface area contributed by atoms with Gasteiger partial charge in [-0.1, -0.05) is 6.42 Å². The van der Waals surface area contributed by atoms with Crippen molar-refractivity contribution in [2.24, 2.45) is 17.6 Å². The van der Waals surface area contributed by atoms with Gasteiger partial charge >= 0.3 is 5.97 Å². The molecular formula is C18H32N2O3. The maximum absolute atomic E-state index is 12.4. The fourth-order valence-electron chi connectivity index (χ4n) is 3.94. The summed E-state index contributed by atoms with van der Waals surface area (Å²) in [6, 6.07) is 0.498. The average Bonchev–Trinajstić information content (AvgIpc) is 2.54. The van der Waals surface area contributed by atoms with Crippen LogP contribution in [0, 0.1) is 11.8 Å². The second kappa shape index (κ2) is 9.26. The number of ether oxygens (including phenoxy) is 1. The number of nitrogens with two attached hydrogens (primary N) is 1. The number of amides is 1. The number of nitrogens with one attached hydrogen (secondary N) is 1. The molecular weight excluding hydrogens is 292 g/mol. The van der Waals surface area contributed by atoms with Crippen molar-refractivity contribution >= 4 is 11.9 Å². The molecule has 132 valence electrons. The van der Waals surface area contributed by atoms with Crippen LogP contribution in [0.1, 0.15) is 71.1 Å². The van der Waals surface area contributed by atoms with Crippen LogP contribution in [-0.4, -0.2) is 30.6 Å². The lowest BCUT2D eigenvalue weighted by Gasteiger charge is -2.32. The van der Waals surface area contributed by atoms with Gasteiger partial charge in [-0.2, -0.15) is 0 Å². The van der Waals surface area contributed by atoms with Crippen LogP contribution in [-0.2, 0) is 14.3 Å². The molecule has 2 unspecified atom stereocenters. The first-order valence-electron chi connectivity index (χ1n) is 9.30. The van der Waals surface area contributed by atoms with Gasteiger partial charge < -0.3 is 15.8 Å². The summed E-state index contributed by atoms with van der Waals surface area (Å²) in [5, 5.41) is 3.23. The minimum absolute atomic E-state index is 0.0865. The molecule has 1 amide bonds. The Bertz CT molecular complexity index is 392. The van der Waals surface area contributed by atoms with E-state index in [9.17, 15) is 9.59 Å². The van der Waals surface area contributed by atoms with E-state index in [1.54, 1.807) is 0 Å². The maximum Gasteiger partial charge on any atom is 0.305 e. The Kier molecular flexibility index (Phi) is 7.34. The Morgan fingerprint density at radius 3 is 2.52 bits per heavy atom. The molecule has 0 radical (unpaired) electrons. The number of esters is 1. The lowest BCUT2D eigenvalue weighted by atomic mass is 9.82. The SMILES string of the molecule is CCOC(=O)CCC1CCC(NC(=O)C2CCCC(N)C2)CC1. The molecule has 0 bridgehead atoms. The van der Waals surface area contributed by atoms with E-state index < -0.39 is 0 Å². The Morgan fingerprint density at radius 1 is 1.13 bits per heavy atom. The predicted molar refractivity (Wildman–Crippen MR) is 89.7 cm³/mol. The molecule has 2 saturated carbocycles. The molecule has 0 aromatic heterocycles. The molecule has 0 spiro atoms. The lowest BCUT2D eigenvalue weighted by molar-refractivity contribution is -0.143. The van der Waals surface area contributed by atoms with E-state index in [-0.39, 0.29) is 23.8 Å². The molecule has 2 atom stereocenters. The van der Waals surface area contributed by atoms with Crippen LogP contribution in [0.2, 0.25) is 0 Å². The van der Waals surface area contributed by atoms with Crippen LogP contribution in [0.15, 0.2) is 0 Å². The molecule has 0 saturated heterocycles. The molecule has 3 N–H and O–H groups in total. The standard InChI is InChI=1S/C18H32N2O3/c1-2-23-17(21)11-8-13-6-9-16(10-7-13)20-18(22)14-4-3-5-15(19)12-14/h13-16H,2-12,19H2,1H3,(H,20,22). The molecule has 0 aromatic carbocycles. The molecule has 2 aliphatic carbocycles. The third kappa shape index (κ3) is 6.13. The maximum atomic E-state index is 12.4. The highest BCUT2D eigenvalue weighted by Gasteiger charge is 2.28. The van der Waals surface area contributed by atoms with Crippen LogP contribution in [0.5, 0.6) is 0 Å². The van der Waals surface area contributed by atoms with E-state index in [0.717, 1.165) is 57.8 Å². The monoisotopic (exact) mass is 324 g/mol. The third-order valence-corrected chi connectivity index (χ3v) is 5.34. The molecule has 2 fully saturated rings. The first-order valence-corrected chi connectivity index (χ1v) is 9.30. The Balaban J connectivity index is 1.64. The predicted octanol–water partition coefficient (Wildman–Crippen LogP) is 2.52. The van der Waals surface area contributed by atoms with Crippen LogP contribution in [0.4, 0.5) is 0 Å². The Morgan fingerprint density at radius 2 is 1.87 bits per heavy atom. The minimum atomic E-state index is -0.0865. The van der Waals surface area contributed by atoms with E-state index in [4.69, 9.17) is 10.5 Å². The van der Waals surface area contributed by atoms with Gasteiger partial charge in [-0.15, -0.1) is 0 Å². The van der Waals surface area contributed by atoms with Crippen molar-refractivity contribution in [1.29, 1.82) is 0 Å². The summed E-state index contributed by atoms with van der Waals surface area (Å²) in [6.07, 6.45) is 9.61. The molecule has 0 aromatic rings. The first kappa shape index (κ1) is 18.2. The van der Waals surface area contributed by atoms with Crippen LogP contribution >= 0.6 is 0 Å². The van der Waals surface area contributed by atoms with Gasteiger partial charge in [0.05, 0.1) is 6.61 Å². The number of carbonyl (C=O) groups is 2. The highest BCUT2D eigenvalue weighted by atomic mass is 16.5. The molecule has 5 nitrogen and oxygen atoms in total. The summed E-state index contributed by atoms with van der Waals surface area (Å²) in [6.45, 7) is 2.30. The van der Waals surface area contributed by atoms with Gasteiger partial charge in [-0.05, 0) is 64.2 Å². The van der Waals surface area contributed by atoms with Gasteiger partial charge in [-0.25, -0.2) is 0 Å². The van der Waals surface area contributed by atoms with E-state index in [2.05, 4.69) is 5.32 Å². The zero-order valence-electron chi connectivity index (χ0n) is 14.4. The second-order valence-electron chi connectivity index (χ2n) is 7.19. The summed E-state index contributed by atoms with van der Waals surface area (Å²) in [5.74, 6) is 0.822. The summed E-state index contributed by atoms with van der Waals surface area (Å²) in [4.78, 5) is 23.8. The normalized spacial score (nSPS) is 31.4. The number of carbonyl (C=O) groups excluding carboxylic acids is 2. The van der Waals surface area contributed by atoms with E-state index in [1.165, 1.54) is 0 Å². The fraction of sp³-hybridized carbons (Fsp3) is 0.889. The van der Waals surface area contributed by atoms with Crippen LogP contribution in [0.3, 0.4) is 0 Å². The van der Waals surface area contributed by atoms with Crippen molar-refractivity contribution in [3.8, 4) is 0 Å². The quantitative estimate of drug-likeness (QED) is 0.736. The van der Waals surface area contributed by atoms with Gasteiger partial charge in [0.25, 0.3) is 0 Å². The topological polar surface area (TPSA) is 81.4 Å². The van der Waals surface area contributed by atoms with Crippen molar-refractivity contribution in [3.05, 3.63) is 0 Å². The summed E-state index contributed by atoms with van der Waals surface area (Å²) in [5.41, 5.74) is 5.98. The highest BCUT2D eigenvalue weighted by Crippen LogP contribution is 2.29. The second-order valence-corrected chi connectivity index (χ2v) is 7.19. The molecule has 0 heterocycles. The smallest absolute Gasteiger partial charge is 0.305 e. The Hall–Kier alpha value is -1.10. The third-order valence-electron chi connectivity index (χ3n) is 5.34. The van der Waals surface area contributed by atoms with E-state index in [0.29, 0.717) is 25.0 Å². The van der Waals surface area contributed by atoms with Gasteiger partial charge in [0.15, 0.2) is 0 Å². The number of rotatable bonds is 6. The highest BCUT2D eigenvalue weighted by molar-refractivity contribution is 5.79. The van der Waals surface area contributed by atoms with Crippen molar-refractivity contribution in [3.63, 3.8) is 0 Å². The molecule has 2 aliphatic rings.